The molecule has 2 heterocycles. The van der Waals surface area contributed by atoms with Gasteiger partial charge < -0.3 is 23.9 Å². The molecule has 0 bridgehead atoms. The summed E-state index contributed by atoms with van der Waals surface area (Å²) in [6.07, 6.45) is 1.49. The molecular weight excluding hydrogens is 448 g/mol. The number of rotatable bonds is 7. The van der Waals surface area contributed by atoms with Crippen LogP contribution in [0.4, 0.5) is 5.69 Å². The molecule has 0 aliphatic heterocycles. The van der Waals surface area contributed by atoms with Gasteiger partial charge in [0.15, 0.2) is 0 Å². The number of hydrogen-bond acceptors (Lipinski definition) is 7. The Bertz CT molecular complexity index is 1350. The third kappa shape index (κ3) is 5.04. The summed E-state index contributed by atoms with van der Waals surface area (Å²) in [4.78, 5) is 29.3. The summed E-state index contributed by atoms with van der Waals surface area (Å²) < 4.78 is 17.0. The Morgan fingerprint density at radius 3 is 2.55 bits per heavy atom. The van der Waals surface area contributed by atoms with Crippen LogP contribution in [0.25, 0.3) is 22.8 Å². The highest BCUT2D eigenvalue weighted by atomic mass is 35.5. The minimum absolute atomic E-state index is 0.214. The molecule has 33 heavy (non-hydrogen) atoms. The topological polar surface area (TPSA) is 108 Å². The summed E-state index contributed by atoms with van der Waals surface area (Å²) in [5.41, 5.74) is 1.33. The fourth-order valence-electron chi connectivity index (χ4n) is 3.08. The number of nitrogens with zero attached hydrogens (tertiary/aromatic N) is 3. The van der Waals surface area contributed by atoms with E-state index in [1.54, 1.807) is 48.5 Å². The molecule has 0 radical (unpaired) electrons. The van der Waals surface area contributed by atoms with Crippen molar-refractivity contribution in [1.82, 2.24) is 14.7 Å². The summed E-state index contributed by atoms with van der Waals surface area (Å²) in [5, 5.41) is 7.31. The van der Waals surface area contributed by atoms with Crippen LogP contribution in [0, 0.1) is 0 Å². The number of pyridine rings is 1. The lowest BCUT2D eigenvalue weighted by atomic mass is 10.2. The van der Waals surface area contributed by atoms with E-state index in [0.29, 0.717) is 33.6 Å². The van der Waals surface area contributed by atoms with Crippen molar-refractivity contribution in [2.24, 2.45) is 0 Å². The zero-order valence-corrected chi connectivity index (χ0v) is 18.5. The molecule has 4 rings (SSSR count). The SMILES string of the molecule is COc1ccc(NC(=O)Cn2cc(-c3nc(-c4ccc(Cl)cc4)no3)ccc2=O)c(OC)c1. The summed E-state index contributed by atoms with van der Waals surface area (Å²) >= 11 is 5.91. The number of methoxy groups -OCH3 is 2. The maximum atomic E-state index is 12.6. The van der Waals surface area contributed by atoms with Gasteiger partial charge in [-0.1, -0.05) is 16.8 Å². The van der Waals surface area contributed by atoms with E-state index in [2.05, 4.69) is 15.5 Å². The van der Waals surface area contributed by atoms with Crippen LogP contribution >= 0.6 is 11.6 Å². The number of ether oxygens (including phenoxy) is 2. The molecule has 0 spiro atoms. The molecule has 0 saturated heterocycles. The Hall–Kier alpha value is -4.11. The Kier molecular flexibility index (Phi) is 6.41. The molecule has 4 aromatic rings. The fraction of sp³-hybridized carbons (Fsp3) is 0.130. The van der Waals surface area contributed by atoms with E-state index in [4.69, 9.17) is 25.6 Å². The average molecular weight is 467 g/mol. The normalized spacial score (nSPS) is 10.6. The summed E-state index contributed by atoms with van der Waals surface area (Å²) in [6, 6.07) is 14.9. The third-order valence-electron chi connectivity index (χ3n) is 4.76. The van der Waals surface area contributed by atoms with E-state index in [-0.39, 0.29) is 18.0 Å². The van der Waals surface area contributed by atoms with E-state index >= 15 is 0 Å². The van der Waals surface area contributed by atoms with Crippen LogP contribution in [0.1, 0.15) is 0 Å². The first-order valence-electron chi connectivity index (χ1n) is 9.79. The van der Waals surface area contributed by atoms with E-state index in [0.717, 1.165) is 5.56 Å². The maximum Gasteiger partial charge on any atom is 0.259 e. The number of carbonyl (C=O) groups is 1. The number of halogens is 1. The highest BCUT2D eigenvalue weighted by molar-refractivity contribution is 6.30. The first kappa shape index (κ1) is 22.1. The van der Waals surface area contributed by atoms with Gasteiger partial charge in [-0.25, -0.2) is 0 Å². The Morgan fingerprint density at radius 1 is 1.06 bits per heavy atom. The van der Waals surface area contributed by atoms with Crippen molar-refractivity contribution >= 4 is 23.2 Å². The highest BCUT2D eigenvalue weighted by Gasteiger charge is 2.14. The molecule has 2 aromatic heterocycles. The molecule has 0 saturated carbocycles. The van der Waals surface area contributed by atoms with Gasteiger partial charge in [-0.3, -0.25) is 9.59 Å². The highest BCUT2D eigenvalue weighted by Crippen LogP contribution is 2.29. The number of aromatic nitrogens is 3. The van der Waals surface area contributed by atoms with Gasteiger partial charge in [0.05, 0.1) is 25.5 Å². The number of hydrogen-bond donors (Lipinski definition) is 1. The smallest absolute Gasteiger partial charge is 0.259 e. The lowest BCUT2D eigenvalue weighted by Crippen LogP contribution is -2.27. The standard InChI is InChI=1S/C23H19ClN4O5/c1-31-17-8-9-18(19(11-17)32-2)25-20(29)13-28-12-15(5-10-21(28)30)23-26-22(27-33-23)14-3-6-16(24)7-4-14/h3-12H,13H2,1-2H3,(H,25,29). The van der Waals surface area contributed by atoms with Gasteiger partial charge >= 0.3 is 0 Å². The van der Waals surface area contributed by atoms with Gasteiger partial charge in [0.2, 0.25) is 11.7 Å². The van der Waals surface area contributed by atoms with E-state index in [1.807, 2.05) is 0 Å². The number of amides is 1. The quantitative estimate of drug-likeness (QED) is 0.440. The van der Waals surface area contributed by atoms with Crippen LogP contribution in [-0.4, -0.2) is 34.8 Å². The van der Waals surface area contributed by atoms with Crippen molar-refractivity contribution in [3.8, 4) is 34.3 Å². The predicted octanol–water partition coefficient (Wildman–Crippen LogP) is 3.87. The maximum absolute atomic E-state index is 12.6. The minimum Gasteiger partial charge on any atom is -0.497 e. The van der Waals surface area contributed by atoms with Crippen LogP contribution in [0.3, 0.4) is 0 Å². The molecule has 0 aliphatic carbocycles. The molecule has 2 aromatic carbocycles. The Balaban J connectivity index is 1.53. The second-order valence-corrected chi connectivity index (χ2v) is 7.36. The fourth-order valence-corrected chi connectivity index (χ4v) is 3.21. The third-order valence-corrected chi connectivity index (χ3v) is 5.01. The molecule has 1 N–H and O–H groups in total. The first-order valence-corrected chi connectivity index (χ1v) is 10.2. The predicted molar refractivity (Wildman–Crippen MR) is 123 cm³/mol. The van der Waals surface area contributed by atoms with Crippen molar-refractivity contribution in [1.29, 1.82) is 0 Å². The average Bonchev–Trinajstić information content (AvgIpc) is 3.31. The zero-order chi connectivity index (χ0) is 23.4. The largest absolute Gasteiger partial charge is 0.497 e. The van der Waals surface area contributed by atoms with E-state index in [9.17, 15) is 9.59 Å². The minimum atomic E-state index is -0.412. The lowest BCUT2D eigenvalue weighted by molar-refractivity contribution is -0.116. The number of nitrogens with one attached hydrogen (secondary N) is 1. The number of anilines is 1. The molecule has 10 heteroatoms. The van der Waals surface area contributed by atoms with E-state index in [1.165, 1.54) is 31.0 Å². The summed E-state index contributed by atoms with van der Waals surface area (Å²) in [6.45, 7) is -0.222. The zero-order valence-electron chi connectivity index (χ0n) is 17.7. The molecule has 9 nitrogen and oxygen atoms in total. The Morgan fingerprint density at radius 2 is 1.82 bits per heavy atom. The van der Waals surface area contributed by atoms with Crippen LogP contribution < -0.4 is 20.3 Å². The van der Waals surface area contributed by atoms with Crippen molar-refractivity contribution in [3.05, 3.63) is 76.2 Å². The lowest BCUT2D eigenvalue weighted by Gasteiger charge is -2.12. The van der Waals surface area contributed by atoms with Crippen molar-refractivity contribution < 1.29 is 18.8 Å². The van der Waals surface area contributed by atoms with Gasteiger partial charge in [-0.2, -0.15) is 4.98 Å². The first-order chi connectivity index (χ1) is 16.0. The van der Waals surface area contributed by atoms with Gasteiger partial charge in [-0.15, -0.1) is 0 Å². The van der Waals surface area contributed by atoms with Crippen molar-refractivity contribution in [2.45, 2.75) is 6.54 Å². The van der Waals surface area contributed by atoms with Crippen LogP contribution in [0.5, 0.6) is 11.5 Å². The van der Waals surface area contributed by atoms with Crippen molar-refractivity contribution in [3.63, 3.8) is 0 Å². The molecule has 0 aliphatic rings. The van der Waals surface area contributed by atoms with E-state index < -0.39 is 5.91 Å². The molecular formula is C23H19ClN4O5. The molecule has 1 amide bonds. The number of benzene rings is 2. The second kappa shape index (κ2) is 9.58. The Labute approximate surface area is 193 Å². The van der Waals surface area contributed by atoms with Gasteiger partial charge in [0.25, 0.3) is 11.4 Å². The monoisotopic (exact) mass is 466 g/mol. The number of carbonyl (C=O) groups excluding carboxylic acids is 1. The molecule has 0 unspecified atom stereocenters. The van der Waals surface area contributed by atoms with Crippen LogP contribution in [-0.2, 0) is 11.3 Å². The molecule has 0 atom stereocenters. The summed E-state index contributed by atoms with van der Waals surface area (Å²) in [5.74, 6) is 1.20. The van der Waals surface area contributed by atoms with Crippen molar-refractivity contribution in [2.75, 3.05) is 19.5 Å². The summed E-state index contributed by atoms with van der Waals surface area (Å²) in [7, 11) is 3.02. The van der Waals surface area contributed by atoms with Crippen LogP contribution in [0.2, 0.25) is 5.02 Å². The van der Waals surface area contributed by atoms with Gasteiger partial charge in [0, 0.05) is 28.9 Å². The molecule has 168 valence electrons. The van der Waals surface area contributed by atoms with Gasteiger partial charge in [-0.05, 0) is 42.5 Å². The second-order valence-electron chi connectivity index (χ2n) is 6.93. The molecule has 0 fully saturated rings. The van der Waals surface area contributed by atoms with Crippen LogP contribution in [0.15, 0.2) is 70.1 Å². The van der Waals surface area contributed by atoms with Gasteiger partial charge in [0.1, 0.15) is 18.0 Å².